The number of aromatic nitrogens is 4. The zero-order valence-corrected chi connectivity index (χ0v) is 17.9. The largest absolute Gasteiger partial charge is 0.493 e. The summed E-state index contributed by atoms with van der Waals surface area (Å²) < 4.78 is 12.7. The number of anilines is 3. The average Bonchev–Trinajstić information content (AvgIpc) is 3.50. The molecule has 0 saturated carbocycles. The Morgan fingerprint density at radius 2 is 1.85 bits per heavy atom. The molecule has 5 rings (SSSR count). The fourth-order valence-electron chi connectivity index (χ4n) is 3.42. The van der Waals surface area contributed by atoms with Crippen LogP contribution in [0.5, 0.6) is 5.75 Å². The van der Waals surface area contributed by atoms with E-state index in [0.29, 0.717) is 34.5 Å². The maximum absolute atomic E-state index is 12.7. The highest BCUT2D eigenvalue weighted by atomic mass is 16.5. The third kappa shape index (κ3) is 4.24. The van der Waals surface area contributed by atoms with Crippen LogP contribution in [0.2, 0.25) is 0 Å². The summed E-state index contributed by atoms with van der Waals surface area (Å²) in [5.74, 6) is 2.38. The number of para-hydroxylation sites is 1. The lowest BCUT2D eigenvalue weighted by Crippen LogP contribution is -2.10. The van der Waals surface area contributed by atoms with Crippen molar-refractivity contribution < 1.29 is 13.9 Å². The van der Waals surface area contributed by atoms with Crippen molar-refractivity contribution in [2.75, 3.05) is 17.7 Å². The quantitative estimate of drug-likeness (QED) is 0.393. The number of amides is 1. The van der Waals surface area contributed by atoms with Crippen molar-refractivity contribution in [3.05, 3.63) is 84.6 Å². The van der Waals surface area contributed by atoms with Crippen molar-refractivity contribution in [2.24, 2.45) is 0 Å². The number of hydrogen-bond acceptors (Lipinski definition) is 7. The third-order valence-corrected chi connectivity index (χ3v) is 4.93. The van der Waals surface area contributed by atoms with Gasteiger partial charge in [-0.3, -0.25) is 4.79 Å². The monoisotopic (exact) mass is 440 g/mol. The lowest BCUT2D eigenvalue weighted by atomic mass is 10.2. The minimum atomic E-state index is -0.343. The molecule has 0 spiro atoms. The van der Waals surface area contributed by atoms with Crippen LogP contribution < -0.4 is 15.4 Å². The molecule has 0 fully saturated rings. The molecular weight excluding hydrogens is 420 g/mol. The molecule has 0 unspecified atom stereocenters. The van der Waals surface area contributed by atoms with Gasteiger partial charge in [0.1, 0.15) is 11.6 Å². The summed E-state index contributed by atoms with van der Waals surface area (Å²) >= 11 is 0. The molecular formula is C24H20N6O3. The van der Waals surface area contributed by atoms with E-state index in [9.17, 15) is 4.79 Å². The van der Waals surface area contributed by atoms with Crippen LogP contribution in [0.3, 0.4) is 0 Å². The first-order valence-electron chi connectivity index (χ1n) is 10.2. The summed E-state index contributed by atoms with van der Waals surface area (Å²) in [6, 6.07) is 18.1. The minimum absolute atomic E-state index is 0.208. The van der Waals surface area contributed by atoms with E-state index in [1.807, 2.05) is 49.5 Å². The SMILES string of the molecule is COc1cccc2cc(C(=O)Nc3ccc(Nc4cc(-n5cccn5)nc(C)n4)cc3)oc12. The molecule has 3 heterocycles. The van der Waals surface area contributed by atoms with Crippen LogP contribution in [-0.4, -0.2) is 32.8 Å². The van der Waals surface area contributed by atoms with Crippen molar-refractivity contribution >= 4 is 34.1 Å². The molecule has 5 aromatic rings. The van der Waals surface area contributed by atoms with E-state index in [1.165, 1.54) is 0 Å². The number of nitrogens with one attached hydrogen (secondary N) is 2. The van der Waals surface area contributed by atoms with Gasteiger partial charge in [0.15, 0.2) is 22.9 Å². The van der Waals surface area contributed by atoms with E-state index >= 15 is 0 Å². The van der Waals surface area contributed by atoms with Crippen molar-refractivity contribution in [3.8, 4) is 11.6 Å². The van der Waals surface area contributed by atoms with E-state index in [4.69, 9.17) is 9.15 Å². The van der Waals surface area contributed by atoms with Crippen LogP contribution in [0.1, 0.15) is 16.4 Å². The Balaban J connectivity index is 1.30. The molecule has 164 valence electrons. The first kappa shape index (κ1) is 20.3. The Kier molecular flexibility index (Phi) is 5.19. The van der Waals surface area contributed by atoms with Crippen LogP contribution in [0.4, 0.5) is 17.2 Å². The zero-order valence-electron chi connectivity index (χ0n) is 17.9. The molecule has 0 bridgehead atoms. The topological polar surface area (TPSA) is 107 Å². The standard InChI is InChI=1S/C24H20N6O3/c1-15-26-21(14-22(27-15)30-12-4-11-25-30)28-17-7-9-18(10-8-17)29-24(31)20-13-16-5-3-6-19(32-2)23(16)33-20/h3-14H,1-2H3,(H,29,31)(H,26,27,28). The highest BCUT2D eigenvalue weighted by molar-refractivity contribution is 6.05. The van der Waals surface area contributed by atoms with Gasteiger partial charge in [0.25, 0.3) is 5.91 Å². The average molecular weight is 440 g/mol. The molecule has 9 nitrogen and oxygen atoms in total. The molecule has 0 radical (unpaired) electrons. The number of nitrogens with zero attached hydrogens (tertiary/aromatic N) is 4. The fraction of sp³-hybridized carbons (Fsp3) is 0.0833. The number of ether oxygens (including phenoxy) is 1. The molecule has 0 aliphatic rings. The van der Waals surface area contributed by atoms with Gasteiger partial charge in [-0.25, -0.2) is 14.6 Å². The summed E-state index contributed by atoms with van der Waals surface area (Å²) in [5, 5.41) is 11.1. The first-order chi connectivity index (χ1) is 16.1. The molecule has 2 N–H and O–H groups in total. The molecule has 33 heavy (non-hydrogen) atoms. The number of methoxy groups -OCH3 is 1. The van der Waals surface area contributed by atoms with E-state index in [-0.39, 0.29) is 11.7 Å². The highest BCUT2D eigenvalue weighted by Crippen LogP contribution is 2.29. The molecule has 2 aromatic carbocycles. The van der Waals surface area contributed by atoms with Crippen molar-refractivity contribution in [3.63, 3.8) is 0 Å². The summed E-state index contributed by atoms with van der Waals surface area (Å²) in [6.45, 7) is 1.82. The summed E-state index contributed by atoms with van der Waals surface area (Å²) in [5.41, 5.74) is 1.99. The van der Waals surface area contributed by atoms with Crippen molar-refractivity contribution in [2.45, 2.75) is 6.92 Å². The van der Waals surface area contributed by atoms with E-state index in [2.05, 4.69) is 25.7 Å². The first-order valence-corrected chi connectivity index (χ1v) is 10.2. The van der Waals surface area contributed by atoms with Crippen LogP contribution in [0.15, 0.2) is 77.5 Å². The summed E-state index contributed by atoms with van der Waals surface area (Å²) in [4.78, 5) is 21.5. The normalized spacial score (nSPS) is 10.8. The second kappa shape index (κ2) is 8.46. The molecule has 0 aliphatic carbocycles. The molecule has 1 amide bonds. The number of carbonyl (C=O) groups excluding carboxylic acids is 1. The molecule has 0 atom stereocenters. The Labute approximate surface area is 189 Å². The number of furan rings is 1. The van der Waals surface area contributed by atoms with E-state index < -0.39 is 0 Å². The van der Waals surface area contributed by atoms with Crippen LogP contribution in [0, 0.1) is 6.92 Å². The predicted octanol–water partition coefficient (Wildman–Crippen LogP) is 4.72. The van der Waals surface area contributed by atoms with E-state index in [0.717, 1.165) is 11.1 Å². The Morgan fingerprint density at radius 3 is 2.61 bits per heavy atom. The Morgan fingerprint density at radius 1 is 1.03 bits per heavy atom. The van der Waals surface area contributed by atoms with Crippen LogP contribution >= 0.6 is 0 Å². The number of hydrogen-bond donors (Lipinski definition) is 2. The van der Waals surface area contributed by atoms with Gasteiger partial charge in [-0.1, -0.05) is 12.1 Å². The number of carbonyl (C=O) groups is 1. The Hall–Kier alpha value is -4.66. The second-order valence-corrected chi connectivity index (χ2v) is 7.25. The number of aryl methyl sites for hydroxylation is 1. The molecule has 3 aromatic heterocycles. The smallest absolute Gasteiger partial charge is 0.291 e. The van der Waals surface area contributed by atoms with Crippen LogP contribution in [-0.2, 0) is 0 Å². The highest BCUT2D eigenvalue weighted by Gasteiger charge is 2.15. The third-order valence-electron chi connectivity index (χ3n) is 4.93. The van der Waals surface area contributed by atoms with Gasteiger partial charge in [-0.15, -0.1) is 0 Å². The van der Waals surface area contributed by atoms with Gasteiger partial charge >= 0.3 is 0 Å². The van der Waals surface area contributed by atoms with Crippen molar-refractivity contribution in [1.82, 2.24) is 19.7 Å². The number of rotatable bonds is 6. The molecule has 0 saturated heterocycles. The van der Waals surface area contributed by atoms with Gasteiger partial charge in [0.05, 0.1) is 7.11 Å². The van der Waals surface area contributed by atoms with Crippen LogP contribution in [0.25, 0.3) is 16.8 Å². The van der Waals surface area contributed by atoms with Gasteiger partial charge in [-0.2, -0.15) is 5.10 Å². The minimum Gasteiger partial charge on any atom is -0.493 e. The molecule has 0 aliphatic heterocycles. The van der Waals surface area contributed by atoms with Gasteiger partial charge in [0, 0.05) is 35.2 Å². The lowest BCUT2D eigenvalue weighted by Gasteiger charge is -2.10. The number of benzene rings is 2. The fourth-order valence-corrected chi connectivity index (χ4v) is 3.42. The van der Waals surface area contributed by atoms with E-state index in [1.54, 1.807) is 42.3 Å². The Bertz CT molecular complexity index is 1420. The summed E-state index contributed by atoms with van der Waals surface area (Å²) in [7, 11) is 1.56. The number of fused-ring (bicyclic) bond motifs is 1. The van der Waals surface area contributed by atoms with Crippen molar-refractivity contribution in [1.29, 1.82) is 0 Å². The van der Waals surface area contributed by atoms with Gasteiger partial charge in [0.2, 0.25) is 0 Å². The van der Waals surface area contributed by atoms with Gasteiger partial charge < -0.3 is 19.8 Å². The maximum Gasteiger partial charge on any atom is 0.291 e. The predicted molar refractivity (Wildman–Crippen MR) is 124 cm³/mol. The van der Waals surface area contributed by atoms with Gasteiger partial charge in [-0.05, 0) is 49.4 Å². The zero-order chi connectivity index (χ0) is 22.8. The lowest BCUT2D eigenvalue weighted by molar-refractivity contribution is 0.0998. The molecule has 9 heteroatoms. The maximum atomic E-state index is 12.7. The second-order valence-electron chi connectivity index (χ2n) is 7.25. The summed E-state index contributed by atoms with van der Waals surface area (Å²) in [6.07, 6.45) is 3.51.